The number of para-hydroxylation sites is 1. The van der Waals surface area contributed by atoms with Crippen LogP contribution in [-0.4, -0.2) is 32.9 Å². The number of carboxylic acid groups (broad SMARTS) is 1. The van der Waals surface area contributed by atoms with Gasteiger partial charge in [0.2, 0.25) is 0 Å². The van der Waals surface area contributed by atoms with Crippen LogP contribution < -0.4 is 5.32 Å². The third-order valence-corrected chi connectivity index (χ3v) is 4.98. The maximum absolute atomic E-state index is 12.6. The highest BCUT2D eigenvalue weighted by Gasteiger charge is 2.30. The van der Waals surface area contributed by atoms with Crippen molar-refractivity contribution in [2.75, 3.05) is 0 Å². The number of H-pyrrole nitrogens is 1. The molecule has 8 heteroatoms. The minimum Gasteiger partial charge on any atom is -0.481 e. The molecule has 1 saturated carbocycles. The Balaban J connectivity index is 1.84. The molecule has 2 aromatic rings. The van der Waals surface area contributed by atoms with Crippen molar-refractivity contribution >= 4 is 28.5 Å². The summed E-state index contributed by atoms with van der Waals surface area (Å²) in [5.41, 5.74) is 0.381. The number of non-ortho nitro benzene ring substituents is 1. The van der Waals surface area contributed by atoms with Gasteiger partial charge in [-0.15, -0.1) is 0 Å². The number of amides is 1. The number of aromatic nitrogens is 1. The van der Waals surface area contributed by atoms with Gasteiger partial charge in [-0.3, -0.25) is 19.7 Å². The Morgan fingerprint density at radius 2 is 1.92 bits per heavy atom. The lowest BCUT2D eigenvalue weighted by molar-refractivity contribution is -0.383. The van der Waals surface area contributed by atoms with E-state index < -0.39 is 28.8 Å². The van der Waals surface area contributed by atoms with E-state index in [0.717, 1.165) is 25.7 Å². The van der Waals surface area contributed by atoms with Crippen LogP contribution >= 0.6 is 0 Å². The molecule has 0 aliphatic heterocycles. The molecular weight excluding hydrogens is 338 g/mol. The Hall–Kier alpha value is -2.90. The molecule has 138 valence electrons. The summed E-state index contributed by atoms with van der Waals surface area (Å²) in [6.07, 6.45) is 4.89. The molecule has 0 saturated heterocycles. The fourth-order valence-corrected chi connectivity index (χ4v) is 3.61. The molecule has 3 N–H and O–H groups in total. The molecule has 1 fully saturated rings. The number of nitrogens with one attached hydrogen (secondary N) is 2. The second kappa shape index (κ2) is 7.55. The fraction of sp³-hybridized carbons (Fsp3) is 0.444. The van der Waals surface area contributed by atoms with Crippen LogP contribution in [-0.2, 0) is 4.79 Å². The topological polar surface area (TPSA) is 125 Å². The van der Waals surface area contributed by atoms with Gasteiger partial charge in [0.15, 0.2) is 0 Å². The molecule has 0 spiro atoms. The highest BCUT2D eigenvalue weighted by atomic mass is 16.6. The largest absolute Gasteiger partial charge is 0.481 e. The van der Waals surface area contributed by atoms with Gasteiger partial charge in [0.25, 0.3) is 11.6 Å². The van der Waals surface area contributed by atoms with E-state index >= 15 is 0 Å². The number of hydrogen-bond acceptors (Lipinski definition) is 4. The minimum absolute atomic E-state index is 0.101. The Morgan fingerprint density at radius 1 is 1.19 bits per heavy atom. The van der Waals surface area contributed by atoms with Gasteiger partial charge < -0.3 is 15.4 Å². The number of aliphatic carboxylic acids is 1. The summed E-state index contributed by atoms with van der Waals surface area (Å²) in [6, 6.07) is 5.73. The van der Waals surface area contributed by atoms with Crippen molar-refractivity contribution in [3.05, 3.63) is 40.1 Å². The number of carbonyl (C=O) groups is 2. The van der Waals surface area contributed by atoms with Gasteiger partial charge in [-0.05, 0) is 18.9 Å². The summed E-state index contributed by atoms with van der Waals surface area (Å²) in [6.45, 7) is 0. The summed E-state index contributed by atoms with van der Waals surface area (Å²) in [7, 11) is 0. The molecule has 3 rings (SSSR count). The smallest absolute Gasteiger partial charge is 0.308 e. The molecule has 1 heterocycles. The van der Waals surface area contributed by atoms with Crippen molar-refractivity contribution in [2.45, 2.75) is 44.6 Å². The van der Waals surface area contributed by atoms with E-state index in [9.17, 15) is 24.8 Å². The molecule has 0 bridgehead atoms. The number of carboxylic acids is 1. The number of carbonyl (C=O) groups excluding carboxylic acids is 1. The summed E-state index contributed by atoms with van der Waals surface area (Å²) in [4.78, 5) is 37.6. The van der Waals surface area contributed by atoms with Gasteiger partial charge in [0.1, 0.15) is 11.2 Å². The standard InChI is InChI=1S/C18H21N3O5/c22-17(20-13-8-4-2-1-3-7-12(13)18(23)24)14-10-11-6-5-9-15(21(25)26)16(11)19-14/h5-6,9-10,12-13,19H,1-4,7-8H2,(H,20,22)(H,23,24). The number of nitro groups is 1. The van der Waals surface area contributed by atoms with Crippen molar-refractivity contribution in [1.82, 2.24) is 10.3 Å². The van der Waals surface area contributed by atoms with Crippen LogP contribution in [0.3, 0.4) is 0 Å². The summed E-state index contributed by atoms with van der Waals surface area (Å²) in [5.74, 6) is -1.95. The van der Waals surface area contributed by atoms with Gasteiger partial charge in [-0.1, -0.05) is 37.8 Å². The van der Waals surface area contributed by atoms with E-state index in [0.29, 0.717) is 18.2 Å². The maximum atomic E-state index is 12.6. The highest BCUT2D eigenvalue weighted by Crippen LogP contribution is 2.26. The number of fused-ring (bicyclic) bond motifs is 1. The van der Waals surface area contributed by atoms with Crippen LogP contribution in [0.2, 0.25) is 0 Å². The third-order valence-electron chi connectivity index (χ3n) is 4.98. The van der Waals surface area contributed by atoms with E-state index in [1.54, 1.807) is 18.2 Å². The first-order chi connectivity index (χ1) is 12.5. The highest BCUT2D eigenvalue weighted by molar-refractivity contribution is 6.00. The number of nitrogens with zero attached hydrogens (tertiary/aromatic N) is 1. The van der Waals surface area contributed by atoms with Crippen LogP contribution in [0.5, 0.6) is 0 Å². The zero-order valence-corrected chi connectivity index (χ0v) is 14.2. The number of aromatic amines is 1. The first kappa shape index (κ1) is 17.9. The number of hydrogen-bond donors (Lipinski definition) is 3. The third kappa shape index (κ3) is 3.68. The Labute approximate surface area is 149 Å². The van der Waals surface area contributed by atoms with Gasteiger partial charge in [-0.2, -0.15) is 0 Å². The SMILES string of the molecule is O=C(NC1CCCCCCC1C(=O)O)c1cc2cccc([N+](=O)[O-])c2[nH]1. The Kier molecular flexibility index (Phi) is 5.20. The van der Waals surface area contributed by atoms with Gasteiger partial charge in [-0.25, -0.2) is 0 Å². The van der Waals surface area contributed by atoms with Crippen LogP contribution in [0.4, 0.5) is 5.69 Å². The predicted molar refractivity (Wildman–Crippen MR) is 95.0 cm³/mol. The minimum atomic E-state index is -0.899. The first-order valence-corrected chi connectivity index (χ1v) is 8.77. The van der Waals surface area contributed by atoms with Crippen LogP contribution in [0, 0.1) is 16.0 Å². The van der Waals surface area contributed by atoms with Gasteiger partial charge in [0, 0.05) is 17.5 Å². The summed E-state index contributed by atoms with van der Waals surface area (Å²) in [5, 5.41) is 24.0. The predicted octanol–water partition coefficient (Wildman–Crippen LogP) is 3.23. The van der Waals surface area contributed by atoms with Crippen molar-refractivity contribution in [3.8, 4) is 0 Å². The van der Waals surface area contributed by atoms with Crippen molar-refractivity contribution in [2.24, 2.45) is 5.92 Å². The lowest BCUT2D eigenvalue weighted by Gasteiger charge is -2.27. The average Bonchev–Trinajstić information content (AvgIpc) is 3.00. The monoisotopic (exact) mass is 359 g/mol. The van der Waals surface area contributed by atoms with Gasteiger partial charge in [0.05, 0.1) is 10.8 Å². The molecule has 1 aromatic heterocycles. The molecule has 2 unspecified atom stereocenters. The van der Waals surface area contributed by atoms with E-state index in [1.807, 2.05) is 0 Å². The Morgan fingerprint density at radius 3 is 2.62 bits per heavy atom. The molecule has 1 aliphatic rings. The maximum Gasteiger partial charge on any atom is 0.308 e. The van der Waals surface area contributed by atoms with E-state index in [1.165, 1.54) is 6.07 Å². The molecule has 1 aliphatic carbocycles. The Bertz CT molecular complexity index is 844. The summed E-state index contributed by atoms with van der Waals surface area (Å²) >= 11 is 0. The average molecular weight is 359 g/mol. The summed E-state index contributed by atoms with van der Waals surface area (Å²) < 4.78 is 0. The van der Waals surface area contributed by atoms with E-state index in [4.69, 9.17) is 0 Å². The van der Waals surface area contributed by atoms with Crippen molar-refractivity contribution < 1.29 is 19.6 Å². The zero-order valence-electron chi connectivity index (χ0n) is 14.2. The zero-order chi connectivity index (χ0) is 18.7. The lowest BCUT2D eigenvalue weighted by Crippen LogP contribution is -2.44. The number of rotatable bonds is 4. The van der Waals surface area contributed by atoms with Crippen LogP contribution in [0.25, 0.3) is 10.9 Å². The first-order valence-electron chi connectivity index (χ1n) is 8.77. The number of nitro benzene ring substituents is 1. The second-order valence-electron chi connectivity index (χ2n) is 6.70. The van der Waals surface area contributed by atoms with Gasteiger partial charge >= 0.3 is 5.97 Å². The van der Waals surface area contributed by atoms with Crippen molar-refractivity contribution in [1.29, 1.82) is 0 Å². The molecule has 26 heavy (non-hydrogen) atoms. The fourth-order valence-electron chi connectivity index (χ4n) is 3.61. The molecule has 2 atom stereocenters. The molecule has 1 aromatic carbocycles. The van der Waals surface area contributed by atoms with E-state index in [2.05, 4.69) is 10.3 Å². The molecule has 0 radical (unpaired) electrons. The quantitative estimate of drug-likeness (QED) is 0.571. The number of benzene rings is 1. The normalized spacial score (nSPS) is 20.9. The lowest BCUT2D eigenvalue weighted by atomic mass is 9.86. The molecule has 1 amide bonds. The van der Waals surface area contributed by atoms with E-state index in [-0.39, 0.29) is 16.9 Å². The van der Waals surface area contributed by atoms with Crippen molar-refractivity contribution in [3.63, 3.8) is 0 Å². The molecular formula is C18H21N3O5. The second-order valence-corrected chi connectivity index (χ2v) is 6.70. The molecule has 8 nitrogen and oxygen atoms in total. The van der Waals surface area contributed by atoms with Crippen LogP contribution in [0.15, 0.2) is 24.3 Å². The van der Waals surface area contributed by atoms with Crippen LogP contribution in [0.1, 0.15) is 49.0 Å².